The molecule has 2 amide bonds. The fourth-order valence-electron chi connectivity index (χ4n) is 10.3. The molecule has 20 heteroatoms. The van der Waals surface area contributed by atoms with Gasteiger partial charge in [0.05, 0.1) is 51.2 Å². The largest absolute Gasteiger partial charge is 3.00 e. The summed E-state index contributed by atoms with van der Waals surface area (Å²) in [7, 11) is 14.2. The molecule has 508 valence electrons. The first-order chi connectivity index (χ1) is 47.7. The van der Waals surface area contributed by atoms with E-state index in [1.807, 2.05) is 97.1 Å². The molecule has 18 nitrogen and oxygen atoms in total. The van der Waals surface area contributed by atoms with E-state index in [-0.39, 0.29) is 80.1 Å². The minimum Gasteiger partial charge on any atom is -0.870 e. The molecule has 0 aliphatic carbocycles. The van der Waals surface area contributed by atoms with Gasteiger partial charge in [-0.25, -0.2) is 0 Å². The molecule has 12 aromatic rings. The maximum Gasteiger partial charge on any atom is 3.00 e. The van der Waals surface area contributed by atoms with E-state index in [1.54, 1.807) is 126 Å². The van der Waals surface area contributed by atoms with Gasteiger partial charge < -0.3 is 59.4 Å². The number of nitrogens with zero attached hydrogens (tertiary/aromatic N) is 6. The molecule has 0 saturated carbocycles. The van der Waals surface area contributed by atoms with E-state index in [2.05, 4.69) is 48.5 Å². The van der Waals surface area contributed by atoms with Crippen LogP contribution in [0.25, 0.3) is 65.3 Å². The molecule has 0 atom stereocenters. The Bertz CT molecular complexity index is 4240. The molecule has 100 heavy (non-hydrogen) atoms. The van der Waals surface area contributed by atoms with Crippen LogP contribution in [-0.2, 0) is 43.7 Å². The van der Waals surface area contributed by atoms with Crippen LogP contribution in [0.1, 0.15) is 22.3 Å². The number of fused-ring (bicyclic) bond motifs is 4. The van der Waals surface area contributed by atoms with E-state index in [9.17, 15) is 30.0 Å². The zero-order valence-electron chi connectivity index (χ0n) is 56.6. The summed E-state index contributed by atoms with van der Waals surface area (Å²) >= 11 is 0. The molecule has 0 spiro atoms. The Balaban J connectivity index is 0.000000299. The van der Waals surface area contributed by atoms with Gasteiger partial charge in [0.15, 0.2) is 0 Å². The van der Waals surface area contributed by atoms with Crippen LogP contribution in [0.4, 0.5) is 22.7 Å². The van der Waals surface area contributed by atoms with E-state index < -0.39 is 0 Å². The van der Waals surface area contributed by atoms with Crippen molar-refractivity contribution >= 4 is 104 Å². The average Bonchev–Trinajstić information content (AvgIpc) is 0.759. The van der Waals surface area contributed by atoms with Crippen molar-refractivity contribution in [2.75, 3.05) is 70.8 Å². The van der Waals surface area contributed by atoms with Gasteiger partial charge in [0.2, 0.25) is 12.8 Å². The number of rotatable bonds is 16. The molecule has 0 radical (unpaired) electrons. The predicted molar refractivity (Wildman–Crippen MR) is 384 cm³/mol. The minimum atomic E-state index is -0.228. The summed E-state index contributed by atoms with van der Waals surface area (Å²) in [5.41, 5.74) is 7.88. The van der Waals surface area contributed by atoms with E-state index in [4.69, 9.17) is 49.1 Å². The van der Waals surface area contributed by atoms with Crippen molar-refractivity contribution in [1.29, 1.82) is 0 Å². The Labute approximate surface area is 602 Å². The van der Waals surface area contributed by atoms with Gasteiger partial charge in [-0.3, -0.25) is 29.6 Å². The van der Waals surface area contributed by atoms with Crippen molar-refractivity contribution in [3.8, 4) is 68.2 Å². The summed E-state index contributed by atoms with van der Waals surface area (Å²) in [6.45, 7) is 0. The van der Waals surface area contributed by atoms with Crippen molar-refractivity contribution in [3.05, 3.63) is 241 Å². The Morgan fingerprint density at radius 1 is 0.290 bits per heavy atom. The summed E-state index contributed by atoms with van der Waals surface area (Å²) in [6.07, 6.45) is 7.80. The monoisotopic (exact) mass is 1420 g/mol. The third-order valence-electron chi connectivity index (χ3n) is 14.8. The number of carbonyl (C=O) groups is 2. The second kappa shape index (κ2) is 39.8. The Morgan fingerprint density at radius 3 is 0.660 bits per heavy atom. The van der Waals surface area contributed by atoms with Crippen molar-refractivity contribution in [2.45, 2.75) is 0 Å². The Morgan fingerprint density at radius 2 is 0.480 bits per heavy atom. The zero-order chi connectivity index (χ0) is 70.7. The fraction of sp³-hybridized carbons (Fsp3) is 0.125. The van der Waals surface area contributed by atoms with Gasteiger partial charge >= 0.3 is 34.1 Å². The molecule has 0 fully saturated rings. The number of hydrogen-bond acceptors (Lipinski definition) is 16. The summed E-state index contributed by atoms with van der Waals surface area (Å²) in [5.74, 6) is 0.137. The fourth-order valence-corrected chi connectivity index (χ4v) is 10.3. The van der Waals surface area contributed by atoms with Gasteiger partial charge in [0.25, 0.3) is 0 Å². The van der Waals surface area contributed by atoms with Crippen molar-refractivity contribution in [2.24, 2.45) is 20.0 Å². The molecule has 0 heterocycles. The summed E-state index contributed by atoms with van der Waals surface area (Å²) in [4.78, 5) is 41.1. The van der Waals surface area contributed by atoms with Gasteiger partial charge in [-0.1, -0.05) is 193 Å². The quantitative estimate of drug-likeness (QED) is 0.0496. The first-order valence-corrected chi connectivity index (χ1v) is 30.4. The average molecular weight is 1420 g/mol. The number of amides is 2. The Hall–Kier alpha value is -11.3. The van der Waals surface area contributed by atoms with E-state index in [0.717, 1.165) is 92.4 Å². The predicted octanol–water partition coefficient (Wildman–Crippen LogP) is 12.0. The van der Waals surface area contributed by atoms with Crippen LogP contribution in [-0.4, -0.2) is 118 Å². The minimum absolute atomic E-state index is 0. The molecule has 0 N–H and O–H groups in total. The van der Waals surface area contributed by atoms with Crippen molar-refractivity contribution in [1.82, 2.24) is 9.80 Å². The molecule has 0 bridgehead atoms. The topological polar surface area (TPSA) is 265 Å². The number of benzene rings is 12. The summed E-state index contributed by atoms with van der Waals surface area (Å²) in [5, 5.41) is 76.0. The molecule has 12 aromatic carbocycles. The number of methoxy groups -OCH3 is 4. The molecule has 0 unspecified atom stereocenters. The van der Waals surface area contributed by atoms with Gasteiger partial charge in [0, 0.05) is 75.3 Å². The number of ether oxygens (including phenoxy) is 4. The van der Waals surface area contributed by atoms with Crippen LogP contribution in [0, 0.1) is 0 Å². The van der Waals surface area contributed by atoms with E-state index in [0.29, 0.717) is 45.0 Å². The van der Waals surface area contributed by atoms with Crippen molar-refractivity contribution < 1.29 is 93.3 Å². The van der Waals surface area contributed by atoms with Gasteiger partial charge in [-0.15, -0.1) is 0 Å². The normalized spacial score (nSPS) is 10.5. The van der Waals surface area contributed by atoms with Crippen molar-refractivity contribution in [3.63, 3.8) is 0 Å². The number of carbonyl (C=O) groups excluding carboxylic acids is 2. The second-order valence-corrected chi connectivity index (χ2v) is 21.4. The first kappa shape index (κ1) is 79.3. The van der Waals surface area contributed by atoms with Crippen LogP contribution in [0.2, 0.25) is 0 Å². The van der Waals surface area contributed by atoms with Gasteiger partial charge in [-0.2, -0.15) is 14.2 Å². The third kappa shape index (κ3) is 19.5. The van der Waals surface area contributed by atoms with Crippen LogP contribution in [0.5, 0.6) is 46.0 Å². The molecular formula is C80H72Mn2N6O12. The Kier molecular flexibility index (Phi) is 31.6. The van der Waals surface area contributed by atoms with Crippen LogP contribution < -0.4 is 49.6 Å². The smallest absolute Gasteiger partial charge is 0.870 e. The summed E-state index contributed by atoms with van der Waals surface area (Å²) < 4.78 is 20.9. The second-order valence-electron chi connectivity index (χ2n) is 21.4. The first-order valence-electron chi connectivity index (χ1n) is 30.4. The van der Waals surface area contributed by atoms with E-state index in [1.165, 1.54) is 38.2 Å². The summed E-state index contributed by atoms with van der Waals surface area (Å²) in [6, 6.07) is 68.8. The molecule has 0 aromatic heterocycles. The van der Waals surface area contributed by atoms with E-state index >= 15 is 0 Å². The third-order valence-corrected chi connectivity index (χ3v) is 14.8. The number of para-hydroxylation sites is 4. The zero-order valence-corrected chi connectivity index (χ0v) is 58.9. The number of hydrogen-bond donors (Lipinski definition) is 0. The maximum absolute atomic E-state index is 12.8. The molecule has 0 aliphatic heterocycles. The molecule has 0 saturated heterocycles. The number of aliphatic imine (C=N–C) groups is 4. The van der Waals surface area contributed by atoms with Crippen LogP contribution in [0.15, 0.2) is 238 Å². The maximum atomic E-state index is 12.8. The van der Waals surface area contributed by atoms with Gasteiger partial charge in [-0.05, 0) is 114 Å². The SMILES string of the molecule is CN(C)C=O.CN(C)C=O.COc1cccc(C=Nc2ccc3ccccc3c2-c2c(N=Cc3cccc(OC)c3[O-])ccc3ccccc23)c1[O-].COc1cccc(C=Nc2ccc3ccccc3c2-c2c(N=Cc3cccc(OC)c3[O-])ccc3ccccc23)c1[O-].C[O-].C[O-].[Mn+3].[Mn+3]. The molecular weight excluding hydrogens is 1350 g/mol. The van der Waals surface area contributed by atoms with Crippen LogP contribution >= 0.6 is 0 Å². The molecule has 12 rings (SSSR count). The standard InChI is InChI=1S/2C36H28N2O4.2C3H7NO.2CH3O.2Mn/c2*1-41-31-15-7-11-25(35(31)39)21-37-29-19-17-23-9-3-5-13-27(23)33(29)34-28-14-6-4-10-24(28)18-20-30(34)38-22-26-12-8-16-32(42-2)36(26)40;2*1-4(2)3-5;2*1-2;;/h2*3-22,39-40H,1-2H3;2*3H,1-2H3;2*1H3;;/q;;;;2*-1;2*+3/p-4. The van der Waals surface area contributed by atoms with Gasteiger partial charge in [0.1, 0.15) is 23.0 Å². The molecule has 0 aliphatic rings. The van der Waals surface area contributed by atoms with Crippen LogP contribution in [0.3, 0.4) is 0 Å².